The topological polar surface area (TPSA) is 41.6 Å². The summed E-state index contributed by atoms with van der Waals surface area (Å²) in [7, 11) is 0. The molecule has 1 atom stereocenters. The molecule has 2 rings (SSSR count). The van der Waals surface area contributed by atoms with Crippen LogP contribution < -0.4 is 5.32 Å². The Labute approximate surface area is 110 Å². The van der Waals surface area contributed by atoms with E-state index in [2.05, 4.69) is 5.32 Å². The van der Waals surface area contributed by atoms with Gasteiger partial charge in [0.2, 0.25) is 0 Å². The Kier molecular flexibility index (Phi) is 4.15. The van der Waals surface area contributed by atoms with E-state index in [4.69, 9.17) is 4.74 Å². The summed E-state index contributed by atoms with van der Waals surface area (Å²) in [5.74, 6) is 0.642. The van der Waals surface area contributed by atoms with Gasteiger partial charge in [-0.05, 0) is 58.9 Å². The molecule has 1 aliphatic carbocycles. The molecule has 1 aliphatic heterocycles. The van der Waals surface area contributed by atoms with Crippen LogP contribution in [0.5, 0.6) is 0 Å². The second-order valence-electron chi connectivity index (χ2n) is 6.60. The SMILES string of the molecule is CC(C)(C)OC(=O)N1CCC(CCNC2CC2)C1. The van der Waals surface area contributed by atoms with Crippen molar-refractivity contribution in [1.29, 1.82) is 0 Å². The second kappa shape index (κ2) is 5.47. The van der Waals surface area contributed by atoms with Crippen LogP contribution in [0.4, 0.5) is 4.79 Å². The standard InChI is InChI=1S/C14H26N2O2/c1-14(2,3)18-13(17)16-9-7-11(10-16)6-8-15-12-4-5-12/h11-12,15H,4-10H2,1-3H3. The van der Waals surface area contributed by atoms with Gasteiger partial charge >= 0.3 is 6.09 Å². The van der Waals surface area contributed by atoms with E-state index in [1.54, 1.807) is 0 Å². The third-order valence-electron chi connectivity index (χ3n) is 3.50. The van der Waals surface area contributed by atoms with Crippen LogP contribution in [0.2, 0.25) is 0 Å². The average molecular weight is 254 g/mol. The first-order valence-electron chi connectivity index (χ1n) is 7.15. The number of hydrogen-bond acceptors (Lipinski definition) is 3. The predicted molar refractivity (Wildman–Crippen MR) is 71.6 cm³/mol. The molecule has 1 heterocycles. The van der Waals surface area contributed by atoms with Crippen molar-refractivity contribution in [2.24, 2.45) is 5.92 Å². The summed E-state index contributed by atoms with van der Waals surface area (Å²) in [6.45, 7) is 8.55. The van der Waals surface area contributed by atoms with Gasteiger partial charge in [0.1, 0.15) is 5.60 Å². The molecule has 2 fully saturated rings. The highest BCUT2D eigenvalue weighted by molar-refractivity contribution is 5.68. The van der Waals surface area contributed by atoms with E-state index in [1.807, 2.05) is 25.7 Å². The van der Waals surface area contributed by atoms with Gasteiger partial charge in [-0.25, -0.2) is 4.79 Å². The first-order valence-corrected chi connectivity index (χ1v) is 7.15. The molecule has 1 amide bonds. The van der Waals surface area contributed by atoms with E-state index in [-0.39, 0.29) is 11.7 Å². The molecule has 18 heavy (non-hydrogen) atoms. The molecule has 0 aromatic carbocycles. The zero-order chi connectivity index (χ0) is 13.2. The highest BCUT2D eigenvalue weighted by Crippen LogP contribution is 2.23. The Balaban J connectivity index is 1.65. The third kappa shape index (κ3) is 4.48. The summed E-state index contributed by atoms with van der Waals surface area (Å²) in [4.78, 5) is 13.7. The zero-order valence-electron chi connectivity index (χ0n) is 11.9. The van der Waals surface area contributed by atoms with Crippen molar-refractivity contribution in [2.45, 2.75) is 58.1 Å². The van der Waals surface area contributed by atoms with Crippen LogP contribution in [0.25, 0.3) is 0 Å². The fourth-order valence-corrected chi connectivity index (χ4v) is 2.34. The molecule has 1 N–H and O–H groups in total. The Bertz CT molecular complexity index is 295. The summed E-state index contributed by atoms with van der Waals surface area (Å²) in [5.41, 5.74) is -0.386. The summed E-state index contributed by atoms with van der Waals surface area (Å²) >= 11 is 0. The summed E-state index contributed by atoms with van der Waals surface area (Å²) in [5, 5.41) is 3.53. The highest BCUT2D eigenvalue weighted by Gasteiger charge is 2.29. The lowest BCUT2D eigenvalue weighted by molar-refractivity contribution is 0.0287. The average Bonchev–Trinajstić information content (AvgIpc) is 2.92. The van der Waals surface area contributed by atoms with Crippen molar-refractivity contribution in [3.05, 3.63) is 0 Å². The van der Waals surface area contributed by atoms with Crippen LogP contribution >= 0.6 is 0 Å². The van der Waals surface area contributed by atoms with E-state index in [9.17, 15) is 4.79 Å². The molecule has 104 valence electrons. The number of carbonyl (C=O) groups excluding carboxylic acids is 1. The molecular weight excluding hydrogens is 228 g/mol. The maximum absolute atomic E-state index is 11.9. The lowest BCUT2D eigenvalue weighted by Crippen LogP contribution is -2.35. The monoisotopic (exact) mass is 254 g/mol. The lowest BCUT2D eigenvalue weighted by Gasteiger charge is -2.24. The molecule has 1 saturated heterocycles. The van der Waals surface area contributed by atoms with Crippen LogP contribution in [0, 0.1) is 5.92 Å². The molecule has 2 aliphatic rings. The Morgan fingerprint density at radius 1 is 1.33 bits per heavy atom. The Morgan fingerprint density at radius 2 is 2.06 bits per heavy atom. The van der Waals surface area contributed by atoms with Crippen molar-refractivity contribution >= 4 is 6.09 Å². The van der Waals surface area contributed by atoms with Crippen LogP contribution in [0.3, 0.4) is 0 Å². The molecule has 0 radical (unpaired) electrons. The van der Waals surface area contributed by atoms with E-state index in [0.717, 1.165) is 32.1 Å². The van der Waals surface area contributed by atoms with Crippen molar-refractivity contribution in [1.82, 2.24) is 10.2 Å². The number of likely N-dealkylation sites (tertiary alicyclic amines) is 1. The van der Waals surface area contributed by atoms with Gasteiger partial charge in [0, 0.05) is 19.1 Å². The van der Waals surface area contributed by atoms with Crippen molar-refractivity contribution < 1.29 is 9.53 Å². The normalized spacial score (nSPS) is 24.4. The van der Waals surface area contributed by atoms with Crippen LogP contribution in [0.15, 0.2) is 0 Å². The van der Waals surface area contributed by atoms with E-state index in [0.29, 0.717) is 5.92 Å². The minimum Gasteiger partial charge on any atom is -0.444 e. The van der Waals surface area contributed by atoms with Gasteiger partial charge in [-0.3, -0.25) is 0 Å². The van der Waals surface area contributed by atoms with E-state index in [1.165, 1.54) is 19.3 Å². The van der Waals surface area contributed by atoms with Crippen molar-refractivity contribution in [2.75, 3.05) is 19.6 Å². The molecule has 1 unspecified atom stereocenters. The minimum atomic E-state index is -0.386. The van der Waals surface area contributed by atoms with Gasteiger partial charge in [-0.1, -0.05) is 0 Å². The zero-order valence-corrected chi connectivity index (χ0v) is 11.9. The Morgan fingerprint density at radius 3 is 2.67 bits per heavy atom. The molecule has 0 spiro atoms. The first kappa shape index (κ1) is 13.7. The van der Waals surface area contributed by atoms with Crippen molar-refractivity contribution in [3.8, 4) is 0 Å². The Hall–Kier alpha value is -0.770. The fraction of sp³-hybridized carbons (Fsp3) is 0.929. The quantitative estimate of drug-likeness (QED) is 0.837. The first-order chi connectivity index (χ1) is 8.44. The maximum atomic E-state index is 11.9. The summed E-state index contributed by atoms with van der Waals surface area (Å²) in [6, 6.07) is 0.786. The molecule has 0 bridgehead atoms. The van der Waals surface area contributed by atoms with Gasteiger partial charge < -0.3 is 15.0 Å². The predicted octanol–water partition coefficient (Wildman–Crippen LogP) is 2.39. The lowest BCUT2D eigenvalue weighted by atomic mass is 10.1. The van der Waals surface area contributed by atoms with Gasteiger partial charge in [-0.15, -0.1) is 0 Å². The molecule has 4 heteroatoms. The number of ether oxygens (including phenoxy) is 1. The van der Waals surface area contributed by atoms with Crippen LogP contribution in [-0.2, 0) is 4.74 Å². The second-order valence-corrected chi connectivity index (χ2v) is 6.60. The highest BCUT2D eigenvalue weighted by atomic mass is 16.6. The van der Waals surface area contributed by atoms with Gasteiger partial charge in [0.05, 0.1) is 0 Å². The number of carbonyl (C=O) groups is 1. The van der Waals surface area contributed by atoms with Gasteiger partial charge in [0.15, 0.2) is 0 Å². The number of nitrogens with one attached hydrogen (secondary N) is 1. The molecule has 4 nitrogen and oxygen atoms in total. The smallest absolute Gasteiger partial charge is 0.410 e. The van der Waals surface area contributed by atoms with Gasteiger partial charge in [-0.2, -0.15) is 0 Å². The maximum Gasteiger partial charge on any atom is 0.410 e. The largest absolute Gasteiger partial charge is 0.444 e. The third-order valence-corrected chi connectivity index (χ3v) is 3.50. The number of nitrogens with zero attached hydrogens (tertiary/aromatic N) is 1. The number of amides is 1. The number of rotatable bonds is 4. The minimum absolute atomic E-state index is 0.153. The number of hydrogen-bond donors (Lipinski definition) is 1. The van der Waals surface area contributed by atoms with Gasteiger partial charge in [0.25, 0.3) is 0 Å². The molecule has 0 aromatic rings. The van der Waals surface area contributed by atoms with Crippen molar-refractivity contribution in [3.63, 3.8) is 0 Å². The van der Waals surface area contributed by atoms with E-state index >= 15 is 0 Å². The summed E-state index contributed by atoms with van der Waals surface area (Å²) < 4.78 is 5.39. The molecule has 0 aromatic heterocycles. The molecular formula is C14H26N2O2. The van der Waals surface area contributed by atoms with Crippen LogP contribution in [0.1, 0.15) is 46.5 Å². The summed E-state index contributed by atoms with van der Waals surface area (Å²) in [6.07, 6.45) is 4.82. The fourth-order valence-electron chi connectivity index (χ4n) is 2.34. The molecule has 1 saturated carbocycles. The van der Waals surface area contributed by atoms with Crippen LogP contribution in [-0.4, -0.2) is 42.3 Å². The van der Waals surface area contributed by atoms with E-state index < -0.39 is 0 Å².